The van der Waals surface area contributed by atoms with E-state index < -0.39 is 7.82 Å². The summed E-state index contributed by atoms with van der Waals surface area (Å²) in [5.74, 6) is 0. The molecule has 0 heterocycles. The molecule has 10 heteroatoms. The van der Waals surface area contributed by atoms with E-state index in [-0.39, 0.29) is 45.0 Å². The molecule has 0 unspecified atom stereocenters. The predicted octanol–water partition coefficient (Wildman–Crippen LogP) is -6.50. The van der Waals surface area contributed by atoms with Crippen LogP contribution in [0.3, 0.4) is 0 Å². The van der Waals surface area contributed by atoms with Crippen LogP contribution < -0.4 is 14.7 Å². The topological polar surface area (TPSA) is 212 Å². The van der Waals surface area contributed by atoms with Gasteiger partial charge < -0.3 is 41.2 Å². The van der Waals surface area contributed by atoms with E-state index in [1.54, 1.807) is 0 Å². The number of hydrogen-bond acceptors (Lipinski definition) is 4. The molecule has 8 nitrogen and oxygen atoms in total. The minimum Gasteiger partial charge on any atom is -0.822 e. The van der Waals surface area contributed by atoms with Crippen LogP contribution in [-0.2, 0) is 4.57 Å². The molecular weight excluding hydrogens is 183 g/mol. The van der Waals surface area contributed by atoms with Gasteiger partial charge in [-0.2, -0.15) is 7.82 Å². The summed E-state index contributed by atoms with van der Waals surface area (Å²) < 4.78 is 8.55. The van der Waals surface area contributed by atoms with Crippen LogP contribution >= 0.6 is 7.82 Å². The quantitative estimate of drug-likeness (QED) is 0.269. The fourth-order valence-corrected chi connectivity index (χ4v) is 0. The van der Waals surface area contributed by atoms with Gasteiger partial charge in [-0.25, -0.2) is 0 Å². The van der Waals surface area contributed by atoms with Gasteiger partial charge in [0.15, 0.2) is 0 Å². The molecular formula is H8MgO8P-. The molecule has 64 valence electrons. The molecule has 0 bridgehead atoms. The van der Waals surface area contributed by atoms with Crippen molar-refractivity contribution in [3.8, 4) is 0 Å². The van der Waals surface area contributed by atoms with Gasteiger partial charge in [0.05, 0.1) is 0 Å². The SMILES string of the molecule is O.O.O.O.O=P([O-])([O-])[O-].[Mg+2]. The molecule has 0 spiro atoms. The monoisotopic (exact) mass is 191 g/mol. The molecule has 0 radical (unpaired) electrons. The van der Waals surface area contributed by atoms with Gasteiger partial charge in [-0.1, -0.05) is 0 Å². The third-order valence-corrected chi connectivity index (χ3v) is 0. The zero-order valence-electron chi connectivity index (χ0n) is 4.79. The van der Waals surface area contributed by atoms with Crippen molar-refractivity contribution in [2.45, 2.75) is 0 Å². The van der Waals surface area contributed by atoms with Crippen molar-refractivity contribution >= 4 is 30.9 Å². The Morgan fingerprint density at radius 1 is 0.800 bits per heavy atom. The number of hydrogen-bond donors (Lipinski definition) is 0. The molecule has 0 aliphatic carbocycles. The summed E-state index contributed by atoms with van der Waals surface area (Å²) in [7, 11) is -5.39. The normalized spacial score (nSPS) is 5.90. The van der Waals surface area contributed by atoms with E-state index in [1.165, 1.54) is 0 Å². The van der Waals surface area contributed by atoms with E-state index in [0.29, 0.717) is 0 Å². The Bertz CT molecular complexity index is 55.4. The fraction of sp³-hybridized carbons (Fsp3) is 0. The summed E-state index contributed by atoms with van der Waals surface area (Å²) in [5.41, 5.74) is 0. The molecule has 0 amide bonds. The summed E-state index contributed by atoms with van der Waals surface area (Å²) >= 11 is 0. The van der Waals surface area contributed by atoms with Crippen LogP contribution in [0.1, 0.15) is 0 Å². The van der Waals surface area contributed by atoms with E-state index in [0.717, 1.165) is 0 Å². The van der Waals surface area contributed by atoms with Crippen LogP contribution in [0.2, 0.25) is 0 Å². The minimum absolute atomic E-state index is 0. The largest absolute Gasteiger partial charge is 2.00 e. The van der Waals surface area contributed by atoms with Gasteiger partial charge >= 0.3 is 23.1 Å². The van der Waals surface area contributed by atoms with E-state index in [2.05, 4.69) is 0 Å². The van der Waals surface area contributed by atoms with Gasteiger partial charge in [0.25, 0.3) is 0 Å². The third-order valence-electron chi connectivity index (χ3n) is 0. The first-order valence-electron chi connectivity index (χ1n) is 0.730. The van der Waals surface area contributed by atoms with Crippen molar-refractivity contribution in [3.05, 3.63) is 0 Å². The summed E-state index contributed by atoms with van der Waals surface area (Å²) in [4.78, 5) is 25.6. The predicted molar refractivity (Wildman–Crippen MR) is 27.8 cm³/mol. The van der Waals surface area contributed by atoms with Crippen LogP contribution in [0, 0.1) is 0 Å². The van der Waals surface area contributed by atoms with Crippen molar-refractivity contribution in [3.63, 3.8) is 0 Å². The Morgan fingerprint density at radius 3 is 0.800 bits per heavy atom. The molecule has 10 heavy (non-hydrogen) atoms. The van der Waals surface area contributed by atoms with Gasteiger partial charge in [-0.15, -0.1) is 0 Å². The zero-order valence-corrected chi connectivity index (χ0v) is 7.10. The molecule has 0 atom stereocenters. The molecule has 0 fully saturated rings. The van der Waals surface area contributed by atoms with Crippen molar-refractivity contribution in [1.29, 1.82) is 0 Å². The second kappa shape index (κ2) is 16.4. The second-order valence-corrected chi connectivity index (χ2v) is 1.34. The molecule has 0 aromatic carbocycles. The Labute approximate surface area is 72.5 Å². The van der Waals surface area contributed by atoms with Crippen molar-refractivity contribution in [2.75, 3.05) is 0 Å². The minimum atomic E-state index is -5.39. The first kappa shape index (κ1) is 45.5. The Balaban J connectivity index is -0.00000000800. The van der Waals surface area contributed by atoms with Crippen molar-refractivity contribution < 1.29 is 41.2 Å². The van der Waals surface area contributed by atoms with Crippen LogP contribution in [0.15, 0.2) is 0 Å². The molecule has 0 aromatic heterocycles. The first-order chi connectivity index (χ1) is 2.00. The van der Waals surface area contributed by atoms with Crippen LogP contribution in [0.25, 0.3) is 0 Å². The molecule has 0 aliphatic rings. The standard InChI is InChI=1S/Mg.H3O4P.4H2O/c;1-5(2,3)4;;;;/h;(H3,1,2,3,4);4*1H2/q+2;;;;;/p-3. The molecule has 0 aliphatic heterocycles. The molecule has 0 saturated heterocycles. The van der Waals surface area contributed by atoms with Gasteiger partial charge in [-0.3, -0.25) is 0 Å². The number of phosphoric acid groups is 1. The van der Waals surface area contributed by atoms with Crippen molar-refractivity contribution in [1.82, 2.24) is 0 Å². The molecule has 0 aromatic rings. The fourth-order valence-electron chi connectivity index (χ4n) is 0. The van der Waals surface area contributed by atoms with E-state index in [4.69, 9.17) is 19.2 Å². The van der Waals surface area contributed by atoms with Gasteiger partial charge in [0, 0.05) is 0 Å². The number of rotatable bonds is 0. The molecule has 0 saturated carbocycles. The summed E-state index contributed by atoms with van der Waals surface area (Å²) in [6.45, 7) is 0. The van der Waals surface area contributed by atoms with E-state index in [1.807, 2.05) is 0 Å². The second-order valence-electron chi connectivity index (χ2n) is 0.447. The zero-order chi connectivity index (χ0) is 4.50. The van der Waals surface area contributed by atoms with Crippen LogP contribution in [0.4, 0.5) is 0 Å². The van der Waals surface area contributed by atoms with E-state index >= 15 is 0 Å². The average Bonchev–Trinajstić information content (AvgIpc) is 0.722. The summed E-state index contributed by atoms with van der Waals surface area (Å²) in [5, 5.41) is 0. The van der Waals surface area contributed by atoms with Gasteiger partial charge in [-0.05, 0) is 0 Å². The smallest absolute Gasteiger partial charge is 0.822 e. The third kappa shape index (κ3) is 1010. The van der Waals surface area contributed by atoms with Crippen LogP contribution in [-0.4, -0.2) is 45.0 Å². The van der Waals surface area contributed by atoms with Gasteiger partial charge in [0.1, 0.15) is 0 Å². The maximum atomic E-state index is 8.55. The van der Waals surface area contributed by atoms with Crippen LogP contribution in [0.5, 0.6) is 0 Å². The van der Waals surface area contributed by atoms with E-state index in [9.17, 15) is 0 Å². The molecule has 0 rings (SSSR count). The Kier molecular flexibility index (Phi) is 74.4. The maximum absolute atomic E-state index is 8.55. The summed E-state index contributed by atoms with van der Waals surface area (Å²) in [6, 6.07) is 0. The molecule has 8 N–H and O–H groups in total. The van der Waals surface area contributed by atoms with Gasteiger partial charge in [0.2, 0.25) is 0 Å². The average molecular weight is 191 g/mol. The summed E-state index contributed by atoms with van der Waals surface area (Å²) in [6.07, 6.45) is 0. The Hall–Kier alpha value is 0.716. The van der Waals surface area contributed by atoms with Crippen molar-refractivity contribution in [2.24, 2.45) is 0 Å². The Morgan fingerprint density at radius 2 is 0.800 bits per heavy atom. The maximum Gasteiger partial charge on any atom is 2.00 e. The first-order valence-corrected chi connectivity index (χ1v) is 2.19.